The Bertz CT molecular complexity index is 757. The monoisotopic (exact) mass is 357 g/mol. The van der Waals surface area contributed by atoms with Crippen molar-refractivity contribution in [2.24, 2.45) is 11.3 Å². The van der Waals surface area contributed by atoms with Crippen LogP contribution in [0.5, 0.6) is 0 Å². The summed E-state index contributed by atoms with van der Waals surface area (Å²) in [7, 11) is -3.36. The Morgan fingerprint density at radius 1 is 1.50 bits per heavy atom. The van der Waals surface area contributed by atoms with Gasteiger partial charge in [0.25, 0.3) is 5.91 Å². The van der Waals surface area contributed by atoms with Gasteiger partial charge >= 0.3 is 0 Å². The largest absolute Gasteiger partial charge is 0.396 e. The number of sulfonamides is 1. The van der Waals surface area contributed by atoms with E-state index in [1.807, 2.05) is 0 Å². The third-order valence-electron chi connectivity index (χ3n) is 5.07. The highest BCUT2D eigenvalue weighted by molar-refractivity contribution is 7.88. The molecule has 3 heterocycles. The molecule has 0 spiro atoms. The fourth-order valence-corrected chi connectivity index (χ4v) is 4.62. The predicted octanol–water partition coefficient (Wildman–Crippen LogP) is -0.0633. The van der Waals surface area contributed by atoms with E-state index in [1.165, 1.54) is 27.5 Å². The lowest BCUT2D eigenvalue weighted by atomic mass is 9.74. The summed E-state index contributed by atoms with van der Waals surface area (Å²) in [5.41, 5.74) is -0.954. The summed E-state index contributed by atoms with van der Waals surface area (Å²) in [6, 6.07) is 2.59. The van der Waals surface area contributed by atoms with E-state index in [9.17, 15) is 22.7 Å². The van der Waals surface area contributed by atoms with Crippen molar-refractivity contribution in [2.45, 2.75) is 6.42 Å². The highest BCUT2D eigenvalue weighted by Gasteiger charge is 2.52. The standard InChI is InChI=1S/C15H20FN3O4S/c1-24(22,23)19-7-11-4-6-18(8-15(11,9-19)10-20)14(21)13-12(16)3-2-5-17-13/h2-3,5,11,20H,4,6-10H2,1H3. The van der Waals surface area contributed by atoms with Crippen molar-refractivity contribution in [3.63, 3.8) is 0 Å². The number of piperidine rings is 1. The van der Waals surface area contributed by atoms with E-state index in [-0.39, 0.29) is 31.3 Å². The number of carbonyl (C=O) groups is 1. The first kappa shape index (κ1) is 17.2. The van der Waals surface area contributed by atoms with Crippen LogP contribution in [0, 0.1) is 17.2 Å². The van der Waals surface area contributed by atoms with Crippen molar-refractivity contribution in [2.75, 3.05) is 39.0 Å². The molecule has 132 valence electrons. The van der Waals surface area contributed by atoms with E-state index in [4.69, 9.17) is 0 Å². The number of hydrogen-bond donors (Lipinski definition) is 1. The molecule has 3 rings (SSSR count). The summed E-state index contributed by atoms with van der Waals surface area (Å²) in [5, 5.41) is 9.91. The summed E-state index contributed by atoms with van der Waals surface area (Å²) in [6.07, 6.45) is 3.06. The number of hydrogen-bond acceptors (Lipinski definition) is 5. The van der Waals surface area contributed by atoms with E-state index in [0.717, 1.165) is 6.26 Å². The number of fused-ring (bicyclic) bond motifs is 1. The van der Waals surface area contributed by atoms with Gasteiger partial charge in [0.2, 0.25) is 10.0 Å². The van der Waals surface area contributed by atoms with Gasteiger partial charge in [-0.1, -0.05) is 0 Å². The Hall–Kier alpha value is -1.58. The molecule has 2 aliphatic heterocycles. The Balaban J connectivity index is 1.84. The average molecular weight is 357 g/mol. The summed E-state index contributed by atoms with van der Waals surface area (Å²) < 4.78 is 38.8. The van der Waals surface area contributed by atoms with Gasteiger partial charge in [-0.25, -0.2) is 22.1 Å². The average Bonchev–Trinajstić information content (AvgIpc) is 2.94. The highest BCUT2D eigenvalue weighted by Crippen LogP contribution is 2.42. The molecular weight excluding hydrogens is 337 g/mol. The Morgan fingerprint density at radius 2 is 2.25 bits per heavy atom. The number of carbonyl (C=O) groups excluding carboxylic acids is 1. The van der Waals surface area contributed by atoms with E-state index < -0.39 is 27.2 Å². The maximum absolute atomic E-state index is 13.8. The van der Waals surface area contributed by atoms with Crippen LogP contribution in [0.25, 0.3) is 0 Å². The zero-order chi connectivity index (χ0) is 17.5. The minimum Gasteiger partial charge on any atom is -0.396 e. The molecule has 1 aromatic heterocycles. The number of nitrogens with zero attached hydrogens (tertiary/aromatic N) is 3. The van der Waals surface area contributed by atoms with Gasteiger partial charge < -0.3 is 10.0 Å². The van der Waals surface area contributed by atoms with Crippen LogP contribution in [0.3, 0.4) is 0 Å². The van der Waals surface area contributed by atoms with Crippen molar-refractivity contribution in [1.82, 2.24) is 14.2 Å². The molecule has 1 aromatic rings. The Kier molecular flexibility index (Phi) is 4.35. The molecular formula is C15H20FN3O4S. The molecule has 9 heteroatoms. The molecule has 1 N–H and O–H groups in total. The first-order valence-corrected chi connectivity index (χ1v) is 9.57. The maximum Gasteiger partial charge on any atom is 0.275 e. The minimum absolute atomic E-state index is 0.0187. The Morgan fingerprint density at radius 3 is 2.88 bits per heavy atom. The second-order valence-corrected chi connectivity index (χ2v) is 8.60. The van der Waals surface area contributed by atoms with E-state index in [2.05, 4.69) is 4.98 Å². The van der Waals surface area contributed by atoms with Crippen LogP contribution in [0.4, 0.5) is 4.39 Å². The topological polar surface area (TPSA) is 90.8 Å². The maximum atomic E-state index is 13.8. The van der Waals surface area contributed by atoms with Gasteiger partial charge in [0, 0.05) is 37.8 Å². The number of amides is 1. The molecule has 24 heavy (non-hydrogen) atoms. The lowest BCUT2D eigenvalue weighted by Crippen LogP contribution is -2.53. The van der Waals surface area contributed by atoms with Crippen LogP contribution in [0.2, 0.25) is 0 Å². The second-order valence-electron chi connectivity index (χ2n) is 6.62. The third-order valence-corrected chi connectivity index (χ3v) is 6.28. The van der Waals surface area contributed by atoms with E-state index in [0.29, 0.717) is 19.5 Å². The first-order chi connectivity index (χ1) is 11.3. The van der Waals surface area contributed by atoms with E-state index in [1.54, 1.807) is 0 Å². The van der Waals surface area contributed by atoms with E-state index >= 15 is 0 Å². The molecule has 2 aliphatic rings. The fourth-order valence-electron chi connectivity index (χ4n) is 3.68. The van der Waals surface area contributed by atoms with Gasteiger partial charge in [-0.05, 0) is 24.5 Å². The van der Waals surface area contributed by atoms with Crippen molar-refractivity contribution >= 4 is 15.9 Å². The molecule has 2 unspecified atom stereocenters. The summed E-state index contributed by atoms with van der Waals surface area (Å²) in [5.74, 6) is -1.24. The van der Waals surface area contributed by atoms with Gasteiger partial charge in [-0.15, -0.1) is 0 Å². The van der Waals surface area contributed by atoms with Gasteiger partial charge in [-0.2, -0.15) is 0 Å². The summed E-state index contributed by atoms with van der Waals surface area (Å²) in [4.78, 5) is 17.8. The zero-order valence-corrected chi connectivity index (χ0v) is 14.2. The van der Waals surface area contributed by atoms with Crippen LogP contribution in [0.1, 0.15) is 16.9 Å². The zero-order valence-electron chi connectivity index (χ0n) is 13.4. The molecule has 7 nitrogen and oxygen atoms in total. The van der Waals surface area contributed by atoms with Crippen molar-refractivity contribution in [1.29, 1.82) is 0 Å². The lowest BCUT2D eigenvalue weighted by Gasteiger charge is -2.43. The molecule has 0 saturated carbocycles. The van der Waals surface area contributed by atoms with Crippen LogP contribution in [-0.2, 0) is 10.0 Å². The van der Waals surface area contributed by atoms with Gasteiger partial charge in [0.1, 0.15) is 0 Å². The molecule has 1 amide bonds. The molecule has 2 atom stereocenters. The SMILES string of the molecule is CS(=O)(=O)N1CC2CCN(C(=O)c3ncccc3F)CC2(CO)C1. The fraction of sp³-hybridized carbons (Fsp3) is 0.600. The molecule has 2 saturated heterocycles. The van der Waals surface area contributed by atoms with Crippen LogP contribution in [-0.4, -0.2) is 72.7 Å². The second kappa shape index (κ2) is 6.05. The number of likely N-dealkylation sites (tertiary alicyclic amines) is 1. The van der Waals surface area contributed by atoms with Gasteiger partial charge in [-0.3, -0.25) is 4.79 Å². The molecule has 0 bridgehead atoms. The van der Waals surface area contributed by atoms with Crippen LogP contribution >= 0.6 is 0 Å². The number of aromatic nitrogens is 1. The molecule has 0 aliphatic carbocycles. The number of pyridine rings is 1. The van der Waals surface area contributed by atoms with Crippen LogP contribution in [0.15, 0.2) is 18.3 Å². The summed E-state index contributed by atoms with van der Waals surface area (Å²) >= 11 is 0. The van der Waals surface area contributed by atoms with Crippen LogP contribution < -0.4 is 0 Å². The number of aliphatic hydroxyl groups excluding tert-OH is 1. The lowest BCUT2D eigenvalue weighted by molar-refractivity contribution is 0.0124. The molecule has 2 fully saturated rings. The Labute approximate surface area is 140 Å². The van der Waals surface area contributed by atoms with Crippen molar-refractivity contribution in [3.05, 3.63) is 29.8 Å². The van der Waals surface area contributed by atoms with Crippen molar-refractivity contribution < 1.29 is 22.7 Å². The van der Waals surface area contributed by atoms with Gasteiger partial charge in [0.15, 0.2) is 11.5 Å². The molecule has 0 radical (unpaired) electrons. The highest BCUT2D eigenvalue weighted by atomic mass is 32.2. The van der Waals surface area contributed by atoms with Gasteiger partial charge in [0.05, 0.1) is 12.9 Å². The summed E-state index contributed by atoms with van der Waals surface area (Å²) in [6.45, 7) is 0.868. The number of rotatable bonds is 3. The third kappa shape index (κ3) is 2.91. The normalized spacial score (nSPS) is 28.0. The smallest absolute Gasteiger partial charge is 0.275 e. The number of halogens is 1. The predicted molar refractivity (Wildman–Crippen MR) is 84.1 cm³/mol. The molecule has 0 aromatic carbocycles. The number of aliphatic hydroxyl groups is 1. The quantitative estimate of drug-likeness (QED) is 0.818. The minimum atomic E-state index is -3.36. The van der Waals surface area contributed by atoms with Crippen molar-refractivity contribution in [3.8, 4) is 0 Å². The first-order valence-electron chi connectivity index (χ1n) is 7.72.